The van der Waals surface area contributed by atoms with Gasteiger partial charge in [-0.05, 0) is 32.1 Å². The third kappa shape index (κ3) is 4.34. The van der Waals surface area contributed by atoms with Crippen molar-refractivity contribution in [3.8, 4) is 0 Å². The van der Waals surface area contributed by atoms with Gasteiger partial charge in [0.1, 0.15) is 12.3 Å². The SMILES string of the molecule is CC(OC(c1ccccc1)c1ccccc1)N(C)C.Cl. The fourth-order valence-electron chi connectivity index (χ4n) is 1.92. The third-order valence-electron chi connectivity index (χ3n) is 3.26. The average molecular weight is 292 g/mol. The second-order valence-corrected chi connectivity index (χ2v) is 4.90. The van der Waals surface area contributed by atoms with E-state index < -0.39 is 0 Å². The first-order valence-corrected chi connectivity index (χ1v) is 6.60. The van der Waals surface area contributed by atoms with Gasteiger partial charge in [0.05, 0.1) is 0 Å². The van der Waals surface area contributed by atoms with Crippen molar-refractivity contribution in [1.29, 1.82) is 0 Å². The van der Waals surface area contributed by atoms with Crippen LogP contribution in [0, 0.1) is 0 Å². The lowest BCUT2D eigenvalue weighted by molar-refractivity contribution is -0.0565. The molecule has 0 aromatic heterocycles. The number of hydrogen-bond donors (Lipinski definition) is 0. The molecule has 0 aliphatic carbocycles. The molecule has 2 rings (SSSR count). The Bertz CT molecular complexity index is 447. The van der Waals surface area contributed by atoms with E-state index in [2.05, 4.69) is 60.4 Å². The summed E-state index contributed by atoms with van der Waals surface area (Å²) in [5, 5.41) is 0. The summed E-state index contributed by atoms with van der Waals surface area (Å²) in [6.45, 7) is 2.07. The van der Waals surface area contributed by atoms with Gasteiger partial charge in [-0.1, -0.05) is 60.7 Å². The van der Waals surface area contributed by atoms with Crippen LogP contribution in [-0.2, 0) is 4.74 Å². The molecule has 108 valence electrons. The van der Waals surface area contributed by atoms with E-state index in [-0.39, 0.29) is 24.7 Å². The fraction of sp³-hybridized carbons (Fsp3) is 0.294. The van der Waals surface area contributed by atoms with Crippen molar-refractivity contribution in [3.05, 3.63) is 71.8 Å². The lowest BCUT2D eigenvalue weighted by atomic mass is 10.0. The molecule has 0 N–H and O–H groups in total. The molecule has 0 saturated carbocycles. The van der Waals surface area contributed by atoms with Gasteiger partial charge in [0.2, 0.25) is 0 Å². The molecule has 0 spiro atoms. The Morgan fingerprint density at radius 1 is 0.800 bits per heavy atom. The van der Waals surface area contributed by atoms with E-state index in [1.54, 1.807) is 0 Å². The molecule has 2 aromatic carbocycles. The Morgan fingerprint density at radius 3 is 1.55 bits per heavy atom. The van der Waals surface area contributed by atoms with Crippen LogP contribution in [0.2, 0.25) is 0 Å². The number of nitrogens with zero attached hydrogens (tertiary/aromatic N) is 1. The van der Waals surface area contributed by atoms with E-state index in [4.69, 9.17) is 4.74 Å². The summed E-state index contributed by atoms with van der Waals surface area (Å²) >= 11 is 0. The quantitative estimate of drug-likeness (QED) is 0.768. The first-order valence-electron chi connectivity index (χ1n) is 6.60. The normalized spacial score (nSPS) is 12.2. The van der Waals surface area contributed by atoms with Crippen LogP contribution >= 0.6 is 12.4 Å². The second kappa shape index (κ2) is 8.05. The molecule has 2 aromatic rings. The molecule has 1 unspecified atom stereocenters. The fourth-order valence-corrected chi connectivity index (χ4v) is 1.92. The van der Waals surface area contributed by atoms with Gasteiger partial charge in [-0.15, -0.1) is 12.4 Å². The van der Waals surface area contributed by atoms with Crippen molar-refractivity contribution in [3.63, 3.8) is 0 Å². The van der Waals surface area contributed by atoms with E-state index in [0.29, 0.717) is 0 Å². The first kappa shape index (κ1) is 16.7. The zero-order valence-corrected chi connectivity index (χ0v) is 13.0. The highest BCUT2D eigenvalue weighted by atomic mass is 35.5. The smallest absolute Gasteiger partial charge is 0.110 e. The van der Waals surface area contributed by atoms with Crippen LogP contribution in [-0.4, -0.2) is 25.2 Å². The van der Waals surface area contributed by atoms with Crippen LogP contribution in [0.1, 0.15) is 24.2 Å². The van der Waals surface area contributed by atoms with E-state index >= 15 is 0 Å². The van der Waals surface area contributed by atoms with Gasteiger partial charge in [-0.25, -0.2) is 0 Å². The number of benzene rings is 2. The summed E-state index contributed by atoms with van der Waals surface area (Å²) in [7, 11) is 4.05. The minimum Gasteiger partial charge on any atom is -0.351 e. The van der Waals surface area contributed by atoms with Crippen molar-refractivity contribution in [2.75, 3.05) is 14.1 Å². The topological polar surface area (TPSA) is 12.5 Å². The Hall–Kier alpha value is -1.35. The van der Waals surface area contributed by atoms with Gasteiger partial charge in [0.25, 0.3) is 0 Å². The van der Waals surface area contributed by atoms with Crippen LogP contribution < -0.4 is 0 Å². The molecule has 0 aliphatic rings. The van der Waals surface area contributed by atoms with Crippen molar-refractivity contribution in [1.82, 2.24) is 4.90 Å². The molecule has 1 atom stereocenters. The minimum absolute atomic E-state index is 0. The molecule has 0 radical (unpaired) electrons. The molecule has 0 bridgehead atoms. The highest BCUT2D eigenvalue weighted by Gasteiger charge is 2.18. The van der Waals surface area contributed by atoms with E-state index in [1.807, 2.05) is 26.2 Å². The molecule has 0 aliphatic heterocycles. The summed E-state index contributed by atoms with van der Waals surface area (Å²) < 4.78 is 6.21. The molecule has 0 amide bonds. The van der Waals surface area contributed by atoms with Crippen LogP contribution in [0.4, 0.5) is 0 Å². The van der Waals surface area contributed by atoms with Gasteiger partial charge in [0.15, 0.2) is 0 Å². The van der Waals surface area contributed by atoms with Crippen molar-refractivity contribution in [2.45, 2.75) is 19.3 Å². The maximum atomic E-state index is 6.21. The van der Waals surface area contributed by atoms with E-state index in [9.17, 15) is 0 Å². The van der Waals surface area contributed by atoms with Gasteiger partial charge < -0.3 is 4.74 Å². The standard InChI is InChI=1S/C17H21NO.ClH/c1-14(18(2)3)19-17(15-10-6-4-7-11-15)16-12-8-5-9-13-16;/h4-14,17H,1-3H3;1H. The predicted octanol–water partition coefficient (Wildman–Crippen LogP) is 4.12. The summed E-state index contributed by atoms with van der Waals surface area (Å²) in [5.41, 5.74) is 2.37. The molecule has 0 heterocycles. The van der Waals surface area contributed by atoms with Crippen LogP contribution in [0.15, 0.2) is 60.7 Å². The lowest BCUT2D eigenvalue weighted by Crippen LogP contribution is -2.29. The van der Waals surface area contributed by atoms with Gasteiger partial charge in [-0.3, -0.25) is 4.90 Å². The molecular formula is C17H22ClNO. The number of hydrogen-bond acceptors (Lipinski definition) is 2. The molecule has 2 nitrogen and oxygen atoms in total. The average Bonchev–Trinajstić information content (AvgIpc) is 2.46. The Balaban J connectivity index is 0.00000200. The lowest BCUT2D eigenvalue weighted by Gasteiger charge is -2.27. The molecular weight excluding hydrogens is 270 g/mol. The maximum absolute atomic E-state index is 6.21. The monoisotopic (exact) mass is 291 g/mol. The Kier molecular flexibility index (Phi) is 6.73. The Labute approximate surface area is 127 Å². The number of halogens is 1. The molecule has 0 fully saturated rings. The summed E-state index contributed by atoms with van der Waals surface area (Å²) in [6.07, 6.45) is 0.0326. The van der Waals surface area contributed by atoms with Crippen LogP contribution in [0.25, 0.3) is 0 Å². The van der Waals surface area contributed by atoms with E-state index in [1.165, 1.54) is 11.1 Å². The summed E-state index contributed by atoms with van der Waals surface area (Å²) in [6, 6.07) is 20.7. The number of ether oxygens (including phenoxy) is 1. The third-order valence-corrected chi connectivity index (χ3v) is 3.26. The summed E-state index contributed by atoms with van der Waals surface area (Å²) in [5.74, 6) is 0. The van der Waals surface area contributed by atoms with Crippen LogP contribution in [0.5, 0.6) is 0 Å². The highest BCUT2D eigenvalue weighted by Crippen LogP contribution is 2.27. The van der Waals surface area contributed by atoms with Crippen molar-refractivity contribution in [2.24, 2.45) is 0 Å². The molecule has 3 heteroatoms. The highest BCUT2D eigenvalue weighted by molar-refractivity contribution is 5.85. The van der Waals surface area contributed by atoms with Crippen LogP contribution in [0.3, 0.4) is 0 Å². The van der Waals surface area contributed by atoms with Crippen molar-refractivity contribution < 1.29 is 4.74 Å². The Morgan fingerprint density at radius 2 is 1.20 bits per heavy atom. The predicted molar refractivity (Wildman–Crippen MR) is 86.2 cm³/mol. The molecule has 20 heavy (non-hydrogen) atoms. The van der Waals surface area contributed by atoms with Gasteiger partial charge in [-0.2, -0.15) is 0 Å². The molecule has 0 saturated heterocycles. The van der Waals surface area contributed by atoms with E-state index in [0.717, 1.165) is 0 Å². The second-order valence-electron chi connectivity index (χ2n) is 4.90. The zero-order valence-electron chi connectivity index (χ0n) is 12.2. The number of rotatable bonds is 5. The minimum atomic E-state index is -0.0280. The first-order chi connectivity index (χ1) is 9.18. The largest absolute Gasteiger partial charge is 0.351 e. The maximum Gasteiger partial charge on any atom is 0.110 e. The van der Waals surface area contributed by atoms with Crippen molar-refractivity contribution >= 4 is 12.4 Å². The van der Waals surface area contributed by atoms with Gasteiger partial charge in [0, 0.05) is 0 Å². The van der Waals surface area contributed by atoms with Gasteiger partial charge >= 0.3 is 0 Å². The zero-order chi connectivity index (χ0) is 13.7. The summed E-state index contributed by atoms with van der Waals surface area (Å²) in [4.78, 5) is 2.07.